The summed E-state index contributed by atoms with van der Waals surface area (Å²) in [5.41, 5.74) is 8.13. The molecular formula is C13H8Cl3N3. The van der Waals surface area contributed by atoms with Crippen molar-refractivity contribution >= 4 is 46.3 Å². The molecule has 0 bridgehead atoms. The molecule has 0 spiro atoms. The predicted molar refractivity (Wildman–Crippen MR) is 80.1 cm³/mol. The normalized spacial score (nSPS) is 11.1. The Morgan fingerprint density at radius 1 is 1.05 bits per heavy atom. The molecule has 3 rings (SSSR count). The van der Waals surface area contributed by atoms with Crippen LogP contribution >= 0.6 is 34.8 Å². The van der Waals surface area contributed by atoms with Crippen LogP contribution < -0.4 is 5.73 Å². The van der Waals surface area contributed by atoms with Crippen LogP contribution in [0.25, 0.3) is 16.9 Å². The van der Waals surface area contributed by atoms with Crippen LogP contribution in [0.15, 0.2) is 36.5 Å². The van der Waals surface area contributed by atoms with E-state index < -0.39 is 0 Å². The highest BCUT2D eigenvalue weighted by molar-refractivity contribution is 6.36. The van der Waals surface area contributed by atoms with Gasteiger partial charge in [0.05, 0.1) is 10.0 Å². The van der Waals surface area contributed by atoms with Crippen molar-refractivity contribution in [1.82, 2.24) is 9.38 Å². The van der Waals surface area contributed by atoms with Gasteiger partial charge < -0.3 is 5.73 Å². The first-order valence-corrected chi connectivity index (χ1v) is 6.58. The minimum absolute atomic E-state index is 0.451. The van der Waals surface area contributed by atoms with E-state index >= 15 is 0 Å². The first-order valence-electron chi connectivity index (χ1n) is 5.45. The van der Waals surface area contributed by atoms with Gasteiger partial charge in [0.2, 0.25) is 0 Å². The molecule has 0 aliphatic heterocycles. The van der Waals surface area contributed by atoms with Gasteiger partial charge in [0.1, 0.15) is 11.5 Å². The second-order valence-electron chi connectivity index (χ2n) is 4.06. The van der Waals surface area contributed by atoms with Gasteiger partial charge in [0.15, 0.2) is 5.65 Å². The molecule has 0 unspecified atom stereocenters. The molecule has 3 nitrogen and oxygen atoms in total. The number of nitrogen functional groups attached to an aromatic ring is 1. The Hall–Kier alpha value is -1.42. The zero-order valence-electron chi connectivity index (χ0n) is 9.57. The van der Waals surface area contributed by atoms with Gasteiger partial charge in [-0.1, -0.05) is 46.9 Å². The molecule has 0 aliphatic carbocycles. The van der Waals surface area contributed by atoms with E-state index in [4.69, 9.17) is 40.5 Å². The van der Waals surface area contributed by atoms with Crippen LogP contribution in [0.3, 0.4) is 0 Å². The fraction of sp³-hybridized carbons (Fsp3) is 0. The molecule has 0 amide bonds. The van der Waals surface area contributed by atoms with E-state index in [-0.39, 0.29) is 0 Å². The van der Waals surface area contributed by atoms with Crippen molar-refractivity contribution in [1.29, 1.82) is 0 Å². The number of nitrogens with zero attached hydrogens (tertiary/aromatic N) is 2. The number of nitrogens with two attached hydrogens (primary N) is 1. The standard InChI is InChI=1S/C13H8Cl3N3/c14-8-3-1-2-7(4-8)11-12(17)19-6-9(15)5-10(16)13(19)18-11/h1-6H,17H2. The fourth-order valence-electron chi connectivity index (χ4n) is 1.94. The number of rotatable bonds is 1. The van der Waals surface area contributed by atoms with Crippen LogP contribution in [0.5, 0.6) is 0 Å². The van der Waals surface area contributed by atoms with Crippen LogP contribution in [0.1, 0.15) is 0 Å². The third-order valence-corrected chi connectivity index (χ3v) is 3.50. The maximum atomic E-state index is 6.12. The van der Waals surface area contributed by atoms with E-state index in [0.29, 0.717) is 32.2 Å². The molecule has 0 fully saturated rings. The highest BCUT2D eigenvalue weighted by atomic mass is 35.5. The van der Waals surface area contributed by atoms with Gasteiger partial charge in [-0.25, -0.2) is 4.98 Å². The zero-order chi connectivity index (χ0) is 13.6. The van der Waals surface area contributed by atoms with Gasteiger partial charge in [-0.2, -0.15) is 0 Å². The number of pyridine rings is 1. The smallest absolute Gasteiger partial charge is 0.158 e. The summed E-state index contributed by atoms with van der Waals surface area (Å²) in [6, 6.07) is 8.96. The molecule has 1 aromatic carbocycles. The number of hydrogen-bond donors (Lipinski definition) is 1. The second kappa shape index (κ2) is 4.60. The number of halogens is 3. The number of imidazole rings is 1. The van der Waals surface area contributed by atoms with Gasteiger partial charge >= 0.3 is 0 Å². The minimum atomic E-state index is 0.451. The molecule has 0 saturated heterocycles. The monoisotopic (exact) mass is 311 g/mol. The number of hydrogen-bond acceptors (Lipinski definition) is 2. The third kappa shape index (κ3) is 2.14. The van der Waals surface area contributed by atoms with E-state index in [0.717, 1.165) is 5.56 Å². The quantitative estimate of drug-likeness (QED) is 0.716. The number of benzene rings is 1. The minimum Gasteiger partial charge on any atom is -0.383 e. The van der Waals surface area contributed by atoms with Crippen molar-refractivity contribution in [3.63, 3.8) is 0 Å². The van der Waals surface area contributed by atoms with Crippen molar-refractivity contribution in [2.75, 3.05) is 5.73 Å². The molecule has 0 saturated carbocycles. The lowest BCUT2D eigenvalue weighted by molar-refractivity contribution is 1.20. The summed E-state index contributed by atoms with van der Waals surface area (Å²) in [5.74, 6) is 0.474. The Labute approximate surface area is 124 Å². The Balaban J connectivity index is 2.31. The average molecular weight is 313 g/mol. The molecule has 0 atom stereocenters. The van der Waals surface area contributed by atoms with Crippen molar-refractivity contribution in [2.24, 2.45) is 0 Å². The van der Waals surface area contributed by atoms with E-state index in [2.05, 4.69) is 4.98 Å². The fourth-order valence-corrected chi connectivity index (χ4v) is 2.64. The molecule has 19 heavy (non-hydrogen) atoms. The topological polar surface area (TPSA) is 43.3 Å². The van der Waals surface area contributed by atoms with Crippen LogP contribution in [-0.2, 0) is 0 Å². The maximum Gasteiger partial charge on any atom is 0.158 e. The van der Waals surface area contributed by atoms with Gasteiger partial charge in [-0.15, -0.1) is 0 Å². The first-order chi connectivity index (χ1) is 9.06. The molecule has 3 aromatic rings. The number of aromatic nitrogens is 2. The Kier molecular flexibility index (Phi) is 3.05. The van der Waals surface area contributed by atoms with Gasteiger partial charge in [-0.3, -0.25) is 4.40 Å². The van der Waals surface area contributed by atoms with E-state index in [1.54, 1.807) is 28.8 Å². The predicted octanol–water partition coefficient (Wildman–Crippen LogP) is 4.54. The van der Waals surface area contributed by atoms with Crippen LogP contribution in [0, 0.1) is 0 Å². The summed E-state index contributed by atoms with van der Waals surface area (Å²) in [4.78, 5) is 4.45. The van der Waals surface area contributed by atoms with E-state index in [1.165, 1.54) is 0 Å². The highest BCUT2D eigenvalue weighted by Crippen LogP contribution is 2.31. The van der Waals surface area contributed by atoms with Crippen molar-refractivity contribution < 1.29 is 0 Å². The van der Waals surface area contributed by atoms with Crippen molar-refractivity contribution in [3.8, 4) is 11.3 Å². The summed E-state index contributed by atoms with van der Waals surface area (Å²) in [5, 5.41) is 1.57. The first kappa shape index (κ1) is 12.6. The molecule has 2 heterocycles. The van der Waals surface area contributed by atoms with E-state index in [9.17, 15) is 0 Å². The van der Waals surface area contributed by atoms with E-state index in [1.807, 2.05) is 12.1 Å². The zero-order valence-corrected chi connectivity index (χ0v) is 11.8. The molecular weight excluding hydrogens is 305 g/mol. The number of fused-ring (bicyclic) bond motifs is 1. The largest absolute Gasteiger partial charge is 0.383 e. The SMILES string of the molecule is Nc1c(-c2cccc(Cl)c2)nc2c(Cl)cc(Cl)cn12. The molecule has 2 N–H and O–H groups in total. The van der Waals surface area contributed by atoms with Crippen molar-refractivity contribution in [3.05, 3.63) is 51.6 Å². The summed E-state index contributed by atoms with van der Waals surface area (Å²) < 4.78 is 1.67. The van der Waals surface area contributed by atoms with Crippen LogP contribution in [0.4, 0.5) is 5.82 Å². The molecule has 2 aromatic heterocycles. The summed E-state index contributed by atoms with van der Waals surface area (Å²) in [6.45, 7) is 0. The Morgan fingerprint density at radius 2 is 1.84 bits per heavy atom. The van der Waals surface area contributed by atoms with Gasteiger partial charge in [-0.05, 0) is 18.2 Å². The summed E-state index contributed by atoms with van der Waals surface area (Å²) in [7, 11) is 0. The van der Waals surface area contributed by atoms with Crippen LogP contribution in [-0.4, -0.2) is 9.38 Å². The maximum absolute atomic E-state index is 6.12. The number of anilines is 1. The summed E-state index contributed by atoms with van der Waals surface area (Å²) in [6.07, 6.45) is 1.68. The van der Waals surface area contributed by atoms with Gasteiger partial charge in [0, 0.05) is 16.8 Å². The third-order valence-electron chi connectivity index (χ3n) is 2.78. The highest BCUT2D eigenvalue weighted by Gasteiger charge is 2.14. The Bertz CT molecular complexity index is 780. The Morgan fingerprint density at radius 3 is 2.58 bits per heavy atom. The van der Waals surface area contributed by atoms with Crippen LogP contribution in [0.2, 0.25) is 15.1 Å². The lowest BCUT2D eigenvalue weighted by Crippen LogP contribution is -1.94. The van der Waals surface area contributed by atoms with Crippen molar-refractivity contribution in [2.45, 2.75) is 0 Å². The second-order valence-corrected chi connectivity index (χ2v) is 5.34. The van der Waals surface area contributed by atoms with Gasteiger partial charge in [0.25, 0.3) is 0 Å². The summed E-state index contributed by atoms with van der Waals surface area (Å²) >= 11 is 18.1. The molecule has 0 radical (unpaired) electrons. The average Bonchev–Trinajstić information content (AvgIpc) is 2.68. The molecule has 96 valence electrons. The molecule has 0 aliphatic rings. The molecule has 6 heteroatoms. The lowest BCUT2D eigenvalue weighted by atomic mass is 10.1. The lowest BCUT2D eigenvalue weighted by Gasteiger charge is -2.00.